The second-order valence-electron chi connectivity index (χ2n) is 3.80. The van der Waals surface area contributed by atoms with E-state index >= 15 is 0 Å². The van der Waals surface area contributed by atoms with E-state index in [0.29, 0.717) is 10.8 Å². The number of ether oxygens (including phenoxy) is 2. The SMILES string of the molecule is C#CCCCNCc1cc(Cl)c2c(c1)OCO2. The molecule has 0 radical (unpaired) electrons. The highest BCUT2D eigenvalue weighted by Crippen LogP contribution is 2.39. The molecule has 0 spiro atoms. The molecule has 1 aromatic rings. The molecule has 0 aromatic heterocycles. The van der Waals surface area contributed by atoms with Crippen LogP contribution in [0.2, 0.25) is 5.02 Å². The second kappa shape index (κ2) is 5.81. The Morgan fingerprint density at radius 2 is 2.29 bits per heavy atom. The summed E-state index contributed by atoms with van der Waals surface area (Å²) in [4.78, 5) is 0. The molecule has 1 heterocycles. The topological polar surface area (TPSA) is 30.5 Å². The average molecular weight is 252 g/mol. The largest absolute Gasteiger partial charge is 0.454 e. The summed E-state index contributed by atoms with van der Waals surface area (Å²) >= 11 is 6.08. The van der Waals surface area contributed by atoms with Gasteiger partial charge in [0.2, 0.25) is 6.79 Å². The van der Waals surface area contributed by atoms with Gasteiger partial charge in [0.15, 0.2) is 11.5 Å². The van der Waals surface area contributed by atoms with Gasteiger partial charge < -0.3 is 14.8 Å². The molecule has 0 aliphatic carbocycles. The molecule has 1 aliphatic rings. The lowest BCUT2D eigenvalue weighted by Gasteiger charge is -2.06. The van der Waals surface area contributed by atoms with Gasteiger partial charge in [-0.1, -0.05) is 11.6 Å². The lowest BCUT2D eigenvalue weighted by molar-refractivity contribution is 0.174. The van der Waals surface area contributed by atoms with Crippen molar-refractivity contribution in [1.29, 1.82) is 0 Å². The van der Waals surface area contributed by atoms with Crippen molar-refractivity contribution in [1.82, 2.24) is 5.32 Å². The number of hydrogen-bond donors (Lipinski definition) is 1. The van der Waals surface area contributed by atoms with Crippen molar-refractivity contribution in [3.05, 3.63) is 22.7 Å². The number of terminal acetylenes is 1. The van der Waals surface area contributed by atoms with Crippen LogP contribution in [0.3, 0.4) is 0 Å². The van der Waals surface area contributed by atoms with E-state index in [1.807, 2.05) is 12.1 Å². The molecule has 90 valence electrons. The minimum atomic E-state index is 0.244. The van der Waals surface area contributed by atoms with Gasteiger partial charge in [-0.3, -0.25) is 0 Å². The molecule has 0 atom stereocenters. The van der Waals surface area contributed by atoms with Crippen LogP contribution >= 0.6 is 11.6 Å². The van der Waals surface area contributed by atoms with E-state index in [1.165, 1.54) is 0 Å². The van der Waals surface area contributed by atoms with Gasteiger partial charge in [0.25, 0.3) is 0 Å². The van der Waals surface area contributed by atoms with Gasteiger partial charge >= 0.3 is 0 Å². The van der Waals surface area contributed by atoms with E-state index in [9.17, 15) is 0 Å². The summed E-state index contributed by atoms with van der Waals surface area (Å²) in [5.74, 6) is 3.97. The van der Waals surface area contributed by atoms with Crippen molar-refractivity contribution in [2.24, 2.45) is 0 Å². The number of halogens is 1. The Morgan fingerprint density at radius 1 is 1.41 bits per heavy atom. The Kier molecular flexibility index (Phi) is 4.13. The highest BCUT2D eigenvalue weighted by Gasteiger charge is 2.17. The number of fused-ring (bicyclic) bond motifs is 1. The minimum Gasteiger partial charge on any atom is -0.454 e. The standard InChI is InChI=1S/C13H14ClNO2/c1-2-3-4-5-15-8-10-6-11(14)13-12(7-10)16-9-17-13/h1,6-7,15H,3-5,8-9H2. The van der Waals surface area contributed by atoms with Crippen LogP contribution in [0.15, 0.2) is 12.1 Å². The van der Waals surface area contributed by atoms with E-state index in [4.69, 9.17) is 27.5 Å². The van der Waals surface area contributed by atoms with Gasteiger partial charge in [-0.05, 0) is 30.7 Å². The molecule has 4 heteroatoms. The molecule has 17 heavy (non-hydrogen) atoms. The molecule has 0 unspecified atom stereocenters. The van der Waals surface area contributed by atoms with Crippen molar-refractivity contribution in [2.75, 3.05) is 13.3 Å². The third kappa shape index (κ3) is 3.06. The van der Waals surface area contributed by atoms with Crippen LogP contribution < -0.4 is 14.8 Å². The summed E-state index contributed by atoms with van der Waals surface area (Å²) in [6.45, 7) is 1.89. The van der Waals surface area contributed by atoms with E-state index < -0.39 is 0 Å². The molecule has 0 saturated heterocycles. The Hall–Kier alpha value is -1.37. The summed E-state index contributed by atoms with van der Waals surface area (Å²) in [5.41, 5.74) is 1.08. The van der Waals surface area contributed by atoms with Gasteiger partial charge in [-0.25, -0.2) is 0 Å². The van der Waals surface area contributed by atoms with E-state index in [2.05, 4.69) is 11.2 Å². The van der Waals surface area contributed by atoms with Gasteiger partial charge in [0, 0.05) is 13.0 Å². The summed E-state index contributed by atoms with van der Waals surface area (Å²) < 4.78 is 10.5. The first-order chi connectivity index (χ1) is 8.31. The maximum Gasteiger partial charge on any atom is 0.231 e. The van der Waals surface area contributed by atoms with E-state index in [1.54, 1.807) is 0 Å². The molecule has 0 saturated carbocycles. The number of rotatable bonds is 5. The Labute approximate surface area is 106 Å². The fourth-order valence-electron chi connectivity index (χ4n) is 1.67. The summed E-state index contributed by atoms with van der Waals surface area (Å²) in [6.07, 6.45) is 6.96. The first kappa shape index (κ1) is 12.1. The smallest absolute Gasteiger partial charge is 0.231 e. The van der Waals surface area contributed by atoms with Gasteiger partial charge in [0.05, 0.1) is 5.02 Å². The molecule has 1 aliphatic heterocycles. The third-order valence-corrected chi connectivity index (χ3v) is 2.77. The monoisotopic (exact) mass is 251 g/mol. The molecule has 1 N–H and O–H groups in total. The first-order valence-electron chi connectivity index (χ1n) is 5.53. The Bertz CT molecular complexity index is 440. The third-order valence-electron chi connectivity index (χ3n) is 2.49. The summed E-state index contributed by atoms with van der Waals surface area (Å²) in [5, 5.41) is 3.90. The molecule has 1 aromatic carbocycles. The first-order valence-corrected chi connectivity index (χ1v) is 5.91. The van der Waals surface area contributed by atoms with E-state index in [-0.39, 0.29) is 6.79 Å². The normalized spacial score (nSPS) is 12.5. The highest BCUT2D eigenvalue weighted by atomic mass is 35.5. The molecule has 0 bridgehead atoms. The zero-order valence-electron chi connectivity index (χ0n) is 9.46. The number of unbranched alkanes of at least 4 members (excludes halogenated alkanes) is 1. The molecular formula is C13H14ClNO2. The fourth-order valence-corrected chi connectivity index (χ4v) is 1.96. The highest BCUT2D eigenvalue weighted by molar-refractivity contribution is 6.32. The Morgan fingerprint density at radius 3 is 3.12 bits per heavy atom. The minimum absolute atomic E-state index is 0.244. The molecule has 3 nitrogen and oxygen atoms in total. The van der Waals surface area contributed by atoms with Crippen LogP contribution in [0.4, 0.5) is 0 Å². The van der Waals surface area contributed by atoms with Crippen LogP contribution in [-0.4, -0.2) is 13.3 Å². The quantitative estimate of drug-likeness (QED) is 0.645. The summed E-state index contributed by atoms with van der Waals surface area (Å²) in [6, 6.07) is 3.84. The van der Waals surface area contributed by atoms with E-state index in [0.717, 1.165) is 37.2 Å². The van der Waals surface area contributed by atoms with Crippen LogP contribution in [0.5, 0.6) is 11.5 Å². The lowest BCUT2D eigenvalue weighted by Crippen LogP contribution is -2.14. The van der Waals surface area contributed by atoms with Crippen molar-refractivity contribution >= 4 is 11.6 Å². The Balaban J connectivity index is 1.90. The molecule has 0 amide bonds. The van der Waals surface area contributed by atoms with Crippen molar-refractivity contribution in [3.63, 3.8) is 0 Å². The zero-order chi connectivity index (χ0) is 12.1. The van der Waals surface area contributed by atoms with Gasteiger partial charge in [-0.15, -0.1) is 12.3 Å². The second-order valence-corrected chi connectivity index (χ2v) is 4.20. The predicted molar refractivity (Wildman–Crippen MR) is 67.3 cm³/mol. The van der Waals surface area contributed by atoms with Crippen LogP contribution in [0.1, 0.15) is 18.4 Å². The predicted octanol–water partition coefficient (Wildman–Crippen LogP) is 2.57. The summed E-state index contributed by atoms with van der Waals surface area (Å²) in [7, 11) is 0. The molecule has 0 fully saturated rings. The molecular weight excluding hydrogens is 238 g/mol. The van der Waals surface area contributed by atoms with Crippen LogP contribution in [-0.2, 0) is 6.54 Å². The fraction of sp³-hybridized carbons (Fsp3) is 0.385. The average Bonchev–Trinajstić information content (AvgIpc) is 2.77. The van der Waals surface area contributed by atoms with Crippen LogP contribution in [0, 0.1) is 12.3 Å². The number of hydrogen-bond acceptors (Lipinski definition) is 3. The van der Waals surface area contributed by atoms with Gasteiger partial charge in [0.1, 0.15) is 0 Å². The van der Waals surface area contributed by atoms with Crippen molar-refractivity contribution in [2.45, 2.75) is 19.4 Å². The van der Waals surface area contributed by atoms with Crippen LogP contribution in [0.25, 0.3) is 0 Å². The number of nitrogens with one attached hydrogen (secondary N) is 1. The molecule has 2 rings (SSSR count). The zero-order valence-corrected chi connectivity index (χ0v) is 10.2. The van der Waals surface area contributed by atoms with Crippen molar-refractivity contribution < 1.29 is 9.47 Å². The lowest BCUT2D eigenvalue weighted by atomic mass is 10.2. The maximum absolute atomic E-state index is 6.08. The maximum atomic E-state index is 6.08. The number of benzene rings is 1. The van der Waals surface area contributed by atoms with Crippen molar-refractivity contribution in [3.8, 4) is 23.8 Å². The van der Waals surface area contributed by atoms with Gasteiger partial charge in [-0.2, -0.15) is 0 Å².